The summed E-state index contributed by atoms with van der Waals surface area (Å²) in [7, 11) is 0. The van der Waals surface area contributed by atoms with Gasteiger partial charge in [0.25, 0.3) is 0 Å². The van der Waals surface area contributed by atoms with E-state index in [1.165, 1.54) is 44.5 Å². The van der Waals surface area contributed by atoms with Gasteiger partial charge in [0.2, 0.25) is 0 Å². The van der Waals surface area contributed by atoms with Crippen LogP contribution in [-0.4, -0.2) is 30.7 Å². The first-order valence-corrected chi connectivity index (χ1v) is 6.93. The van der Waals surface area contributed by atoms with Crippen molar-refractivity contribution in [1.82, 2.24) is 10.3 Å². The minimum atomic E-state index is -0.260. The molecule has 2 aliphatic heterocycles. The number of hydrogen-bond donors (Lipinski definition) is 1. The maximum Gasteiger partial charge on any atom is 0.141 e. The van der Waals surface area contributed by atoms with Crippen LogP contribution in [0.1, 0.15) is 25.7 Å². The summed E-state index contributed by atoms with van der Waals surface area (Å²) in [5.74, 6) is 1.46. The molecule has 2 fully saturated rings. The van der Waals surface area contributed by atoms with E-state index in [0.717, 1.165) is 30.9 Å². The molecule has 1 N–H and O–H groups in total. The molecule has 1 unspecified atom stereocenters. The number of piperidine rings is 1. The zero-order valence-corrected chi connectivity index (χ0v) is 10.6. The van der Waals surface area contributed by atoms with E-state index in [9.17, 15) is 4.39 Å². The number of anilines is 1. The van der Waals surface area contributed by atoms with Crippen LogP contribution in [0.2, 0.25) is 0 Å². The van der Waals surface area contributed by atoms with Crippen LogP contribution in [0.15, 0.2) is 18.3 Å². The molecule has 1 aromatic rings. The Kier molecular flexibility index (Phi) is 3.46. The molecule has 1 aromatic heterocycles. The van der Waals surface area contributed by atoms with Crippen molar-refractivity contribution in [3.05, 3.63) is 24.1 Å². The SMILES string of the molecule is Fc1ccc(N2CCC(C3CCCN3)CC2)nc1. The van der Waals surface area contributed by atoms with Crippen LogP contribution in [-0.2, 0) is 0 Å². The normalized spacial score (nSPS) is 25.6. The molecule has 3 nitrogen and oxygen atoms in total. The van der Waals surface area contributed by atoms with Gasteiger partial charge in [-0.1, -0.05) is 0 Å². The predicted molar refractivity (Wildman–Crippen MR) is 70.2 cm³/mol. The highest BCUT2D eigenvalue weighted by atomic mass is 19.1. The molecule has 18 heavy (non-hydrogen) atoms. The molecule has 0 radical (unpaired) electrons. The second kappa shape index (κ2) is 5.22. The first-order valence-electron chi connectivity index (χ1n) is 6.93. The molecular weight excluding hydrogens is 229 g/mol. The standard InChI is InChI=1S/C14H20FN3/c15-12-3-4-14(17-10-12)18-8-5-11(6-9-18)13-2-1-7-16-13/h3-4,10-11,13,16H,1-2,5-9H2. The van der Waals surface area contributed by atoms with Crippen LogP contribution in [0.3, 0.4) is 0 Å². The summed E-state index contributed by atoms with van der Waals surface area (Å²) in [4.78, 5) is 6.43. The van der Waals surface area contributed by atoms with Crippen LogP contribution in [0.4, 0.5) is 10.2 Å². The van der Waals surface area contributed by atoms with Gasteiger partial charge in [-0.2, -0.15) is 0 Å². The third-order valence-electron chi connectivity index (χ3n) is 4.24. The summed E-state index contributed by atoms with van der Waals surface area (Å²) in [6, 6.07) is 4.00. The molecule has 0 spiro atoms. The Morgan fingerprint density at radius 3 is 2.67 bits per heavy atom. The predicted octanol–water partition coefficient (Wildman–Crippen LogP) is 2.19. The number of hydrogen-bond acceptors (Lipinski definition) is 3. The lowest BCUT2D eigenvalue weighted by Gasteiger charge is -2.35. The first kappa shape index (κ1) is 11.9. The quantitative estimate of drug-likeness (QED) is 0.871. The maximum atomic E-state index is 12.8. The molecule has 3 heterocycles. The molecule has 2 aliphatic rings. The van der Waals surface area contributed by atoms with Gasteiger partial charge in [0.05, 0.1) is 6.20 Å². The number of pyridine rings is 1. The van der Waals surface area contributed by atoms with E-state index < -0.39 is 0 Å². The Balaban J connectivity index is 1.57. The largest absolute Gasteiger partial charge is 0.357 e. The third kappa shape index (κ3) is 2.48. The summed E-state index contributed by atoms with van der Waals surface area (Å²) in [6.07, 6.45) is 6.40. The van der Waals surface area contributed by atoms with E-state index >= 15 is 0 Å². The highest BCUT2D eigenvalue weighted by Crippen LogP contribution is 2.27. The van der Waals surface area contributed by atoms with Gasteiger partial charge < -0.3 is 10.2 Å². The molecule has 4 heteroatoms. The van der Waals surface area contributed by atoms with Crippen molar-refractivity contribution in [1.29, 1.82) is 0 Å². The molecule has 1 atom stereocenters. The van der Waals surface area contributed by atoms with E-state index in [1.54, 1.807) is 6.07 Å². The van der Waals surface area contributed by atoms with Crippen LogP contribution in [0, 0.1) is 11.7 Å². The molecule has 3 rings (SSSR count). The number of halogens is 1. The second-order valence-corrected chi connectivity index (χ2v) is 5.36. The fraction of sp³-hybridized carbons (Fsp3) is 0.643. The van der Waals surface area contributed by atoms with E-state index in [-0.39, 0.29) is 5.82 Å². The Hall–Kier alpha value is -1.16. The molecule has 0 bridgehead atoms. The fourth-order valence-corrected chi connectivity index (χ4v) is 3.20. The molecule has 0 saturated carbocycles. The van der Waals surface area contributed by atoms with Crippen molar-refractivity contribution in [2.45, 2.75) is 31.7 Å². The van der Waals surface area contributed by atoms with Gasteiger partial charge >= 0.3 is 0 Å². The van der Waals surface area contributed by atoms with Crippen molar-refractivity contribution >= 4 is 5.82 Å². The van der Waals surface area contributed by atoms with Crippen LogP contribution < -0.4 is 10.2 Å². The Labute approximate surface area is 107 Å². The fourth-order valence-electron chi connectivity index (χ4n) is 3.20. The maximum absolute atomic E-state index is 12.8. The van der Waals surface area contributed by atoms with Gasteiger partial charge in [-0.3, -0.25) is 0 Å². The summed E-state index contributed by atoms with van der Waals surface area (Å²) in [6.45, 7) is 3.27. The third-order valence-corrected chi connectivity index (χ3v) is 4.24. The zero-order chi connectivity index (χ0) is 12.4. The lowest BCUT2D eigenvalue weighted by molar-refractivity contribution is 0.318. The van der Waals surface area contributed by atoms with Crippen molar-refractivity contribution in [3.63, 3.8) is 0 Å². The molecule has 2 saturated heterocycles. The van der Waals surface area contributed by atoms with E-state index in [0.29, 0.717) is 0 Å². The van der Waals surface area contributed by atoms with E-state index in [1.807, 2.05) is 0 Å². The topological polar surface area (TPSA) is 28.2 Å². The minimum absolute atomic E-state index is 0.260. The highest BCUT2D eigenvalue weighted by molar-refractivity contribution is 5.38. The van der Waals surface area contributed by atoms with Gasteiger partial charge in [-0.15, -0.1) is 0 Å². The summed E-state index contributed by atoms with van der Waals surface area (Å²) in [5, 5.41) is 3.60. The Morgan fingerprint density at radius 1 is 1.22 bits per heavy atom. The summed E-state index contributed by atoms with van der Waals surface area (Å²) < 4.78 is 12.8. The second-order valence-electron chi connectivity index (χ2n) is 5.36. The van der Waals surface area contributed by atoms with Gasteiger partial charge in [0.15, 0.2) is 0 Å². The summed E-state index contributed by atoms with van der Waals surface area (Å²) >= 11 is 0. The van der Waals surface area contributed by atoms with Crippen LogP contribution >= 0.6 is 0 Å². The molecule has 0 aliphatic carbocycles. The summed E-state index contributed by atoms with van der Waals surface area (Å²) in [5.41, 5.74) is 0. The minimum Gasteiger partial charge on any atom is -0.357 e. The van der Waals surface area contributed by atoms with Gasteiger partial charge in [-0.25, -0.2) is 9.37 Å². The van der Waals surface area contributed by atoms with Crippen molar-refractivity contribution in [2.24, 2.45) is 5.92 Å². The first-order chi connectivity index (χ1) is 8.83. The lowest BCUT2D eigenvalue weighted by atomic mass is 9.88. The van der Waals surface area contributed by atoms with E-state index in [4.69, 9.17) is 0 Å². The zero-order valence-electron chi connectivity index (χ0n) is 10.6. The van der Waals surface area contributed by atoms with Crippen LogP contribution in [0.25, 0.3) is 0 Å². The average molecular weight is 249 g/mol. The Morgan fingerprint density at radius 2 is 2.06 bits per heavy atom. The smallest absolute Gasteiger partial charge is 0.141 e. The molecule has 98 valence electrons. The highest BCUT2D eigenvalue weighted by Gasteiger charge is 2.28. The van der Waals surface area contributed by atoms with Crippen molar-refractivity contribution in [3.8, 4) is 0 Å². The van der Waals surface area contributed by atoms with Crippen LogP contribution in [0.5, 0.6) is 0 Å². The van der Waals surface area contributed by atoms with Crippen molar-refractivity contribution in [2.75, 3.05) is 24.5 Å². The van der Waals surface area contributed by atoms with Crippen molar-refractivity contribution < 1.29 is 4.39 Å². The lowest BCUT2D eigenvalue weighted by Crippen LogP contribution is -2.41. The number of rotatable bonds is 2. The number of aromatic nitrogens is 1. The molecular formula is C14H20FN3. The van der Waals surface area contributed by atoms with Gasteiger partial charge in [0.1, 0.15) is 11.6 Å². The molecule has 0 amide bonds. The Bertz CT molecular complexity index is 379. The van der Waals surface area contributed by atoms with E-state index in [2.05, 4.69) is 15.2 Å². The monoisotopic (exact) mass is 249 g/mol. The molecule has 0 aromatic carbocycles. The average Bonchev–Trinajstić information content (AvgIpc) is 2.94. The van der Waals surface area contributed by atoms with Gasteiger partial charge in [-0.05, 0) is 50.3 Å². The number of nitrogens with zero attached hydrogens (tertiary/aromatic N) is 2. The van der Waals surface area contributed by atoms with Gasteiger partial charge in [0, 0.05) is 19.1 Å². The number of nitrogens with one attached hydrogen (secondary N) is 1.